The van der Waals surface area contributed by atoms with Gasteiger partial charge in [0.15, 0.2) is 5.11 Å². The Morgan fingerprint density at radius 2 is 2.04 bits per heavy atom. The molecule has 3 N–H and O–H groups in total. The van der Waals surface area contributed by atoms with E-state index in [4.69, 9.17) is 12.2 Å². The lowest BCUT2D eigenvalue weighted by atomic mass is 10.0. The van der Waals surface area contributed by atoms with Gasteiger partial charge in [-0.15, -0.1) is 0 Å². The predicted octanol–water partition coefficient (Wildman–Crippen LogP) is 3.37. The maximum atomic E-state index is 10.2. The van der Waals surface area contributed by atoms with E-state index in [1.54, 1.807) is 6.07 Å². The summed E-state index contributed by atoms with van der Waals surface area (Å²) >= 11 is 5.21. The molecule has 0 aliphatic carbocycles. The maximum absolute atomic E-state index is 10.2. The van der Waals surface area contributed by atoms with Crippen molar-refractivity contribution in [2.45, 2.75) is 52.5 Å². The summed E-state index contributed by atoms with van der Waals surface area (Å²) in [6.07, 6.45) is 6.01. The Labute approximate surface area is 156 Å². The fourth-order valence-corrected chi connectivity index (χ4v) is 3.06. The molecule has 0 aromatic heterocycles. The molecule has 6 heteroatoms. The summed E-state index contributed by atoms with van der Waals surface area (Å²) in [6.45, 7) is 7.95. The van der Waals surface area contributed by atoms with Gasteiger partial charge in [0.1, 0.15) is 5.75 Å². The fourth-order valence-electron chi connectivity index (χ4n) is 2.91. The molecule has 0 bridgehead atoms. The van der Waals surface area contributed by atoms with Gasteiger partial charge in [0.05, 0.1) is 5.71 Å². The molecule has 0 unspecified atom stereocenters. The number of hydrazone groups is 1. The minimum atomic E-state index is 0.354. The van der Waals surface area contributed by atoms with Crippen LogP contribution >= 0.6 is 12.2 Å². The summed E-state index contributed by atoms with van der Waals surface area (Å²) in [5.41, 5.74) is 5.69. The molecule has 1 aromatic carbocycles. The number of phenols is 1. The molecular weight excluding hydrogens is 332 g/mol. The van der Waals surface area contributed by atoms with Crippen molar-refractivity contribution in [2.75, 3.05) is 19.6 Å². The predicted molar refractivity (Wildman–Crippen MR) is 108 cm³/mol. The first-order chi connectivity index (χ1) is 12.1. The van der Waals surface area contributed by atoms with E-state index < -0.39 is 0 Å². The maximum Gasteiger partial charge on any atom is 0.186 e. The Balaban J connectivity index is 1.96. The Bertz CT molecular complexity index is 597. The van der Waals surface area contributed by atoms with E-state index in [0.717, 1.165) is 55.9 Å². The number of piperidine rings is 1. The van der Waals surface area contributed by atoms with Crippen molar-refractivity contribution < 1.29 is 5.11 Å². The van der Waals surface area contributed by atoms with Crippen LogP contribution in [0.25, 0.3) is 0 Å². The highest BCUT2D eigenvalue weighted by molar-refractivity contribution is 7.80. The number of unbranched alkanes of at least 4 members (excludes halogenated alkanes) is 1. The van der Waals surface area contributed by atoms with E-state index in [1.807, 2.05) is 19.1 Å². The standard InChI is InChI=1S/C19H30N4OS/c1-3-4-10-20-19(25)22-21-15(2)16-8-9-18(24)17(13-16)14-23-11-6-5-7-12-23/h8-9,13,24H,3-7,10-12,14H2,1-2H3,(H2,20,22,25)/b21-15+. The highest BCUT2D eigenvalue weighted by atomic mass is 32.1. The van der Waals surface area contributed by atoms with Crippen LogP contribution in [0.3, 0.4) is 0 Å². The Morgan fingerprint density at radius 3 is 2.76 bits per heavy atom. The summed E-state index contributed by atoms with van der Waals surface area (Å²) in [4.78, 5) is 2.40. The quantitative estimate of drug-likeness (QED) is 0.300. The molecule has 1 aliphatic heterocycles. The van der Waals surface area contributed by atoms with Gasteiger partial charge in [0.25, 0.3) is 0 Å². The number of benzene rings is 1. The summed E-state index contributed by atoms with van der Waals surface area (Å²) < 4.78 is 0. The van der Waals surface area contributed by atoms with Crippen LogP contribution in [-0.2, 0) is 6.54 Å². The summed E-state index contributed by atoms with van der Waals surface area (Å²) in [5, 5.41) is 18.2. The number of hydrogen-bond donors (Lipinski definition) is 3. The normalized spacial score (nSPS) is 15.8. The van der Waals surface area contributed by atoms with Crippen LogP contribution in [-0.4, -0.2) is 40.5 Å². The van der Waals surface area contributed by atoms with Gasteiger partial charge in [-0.25, -0.2) is 0 Å². The van der Waals surface area contributed by atoms with E-state index in [2.05, 4.69) is 27.7 Å². The number of nitrogens with zero attached hydrogens (tertiary/aromatic N) is 2. The van der Waals surface area contributed by atoms with Gasteiger partial charge in [-0.3, -0.25) is 10.3 Å². The second kappa shape index (κ2) is 10.4. The lowest BCUT2D eigenvalue weighted by molar-refractivity contribution is 0.218. The second-order valence-corrected chi connectivity index (χ2v) is 7.01. The van der Waals surface area contributed by atoms with Crippen LogP contribution in [0.5, 0.6) is 5.75 Å². The first kappa shape index (κ1) is 19.7. The van der Waals surface area contributed by atoms with Crippen molar-refractivity contribution in [3.05, 3.63) is 29.3 Å². The van der Waals surface area contributed by atoms with Gasteiger partial charge in [0, 0.05) is 18.7 Å². The van der Waals surface area contributed by atoms with E-state index in [1.165, 1.54) is 19.3 Å². The number of thiocarbonyl (C=S) groups is 1. The second-order valence-electron chi connectivity index (χ2n) is 6.60. The van der Waals surface area contributed by atoms with Gasteiger partial charge < -0.3 is 10.4 Å². The van der Waals surface area contributed by atoms with Gasteiger partial charge in [0.2, 0.25) is 0 Å². The third-order valence-electron chi connectivity index (χ3n) is 4.48. The largest absolute Gasteiger partial charge is 0.508 e. The van der Waals surface area contributed by atoms with Gasteiger partial charge in [-0.2, -0.15) is 5.10 Å². The lowest BCUT2D eigenvalue weighted by Gasteiger charge is -2.26. The Kier molecular flexibility index (Phi) is 8.15. The highest BCUT2D eigenvalue weighted by Crippen LogP contribution is 2.22. The van der Waals surface area contributed by atoms with Crippen molar-refractivity contribution >= 4 is 23.0 Å². The zero-order valence-electron chi connectivity index (χ0n) is 15.3. The average molecular weight is 363 g/mol. The Hall–Kier alpha value is -1.66. The van der Waals surface area contributed by atoms with Crippen LogP contribution in [0.1, 0.15) is 57.1 Å². The zero-order chi connectivity index (χ0) is 18.1. The van der Waals surface area contributed by atoms with Crippen LogP contribution in [0, 0.1) is 0 Å². The molecule has 0 saturated carbocycles. The monoisotopic (exact) mass is 362 g/mol. The van der Waals surface area contributed by atoms with Gasteiger partial charge in [-0.05, 0) is 75.3 Å². The van der Waals surface area contributed by atoms with Gasteiger partial charge in [-0.1, -0.05) is 19.8 Å². The van der Waals surface area contributed by atoms with Crippen LogP contribution in [0.4, 0.5) is 0 Å². The van der Waals surface area contributed by atoms with Crippen LogP contribution in [0.15, 0.2) is 23.3 Å². The van der Waals surface area contributed by atoms with Gasteiger partial charge >= 0.3 is 0 Å². The first-order valence-electron chi connectivity index (χ1n) is 9.23. The number of rotatable bonds is 7. The molecule has 1 fully saturated rings. The minimum Gasteiger partial charge on any atom is -0.508 e. The lowest BCUT2D eigenvalue weighted by Crippen LogP contribution is -2.33. The van der Waals surface area contributed by atoms with E-state index >= 15 is 0 Å². The minimum absolute atomic E-state index is 0.354. The topological polar surface area (TPSA) is 59.9 Å². The van der Waals surface area contributed by atoms with Crippen molar-refractivity contribution in [2.24, 2.45) is 5.10 Å². The molecule has 25 heavy (non-hydrogen) atoms. The molecule has 5 nitrogen and oxygen atoms in total. The zero-order valence-corrected chi connectivity index (χ0v) is 16.2. The van der Waals surface area contributed by atoms with Crippen molar-refractivity contribution in [1.29, 1.82) is 0 Å². The first-order valence-corrected chi connectivity index (χ1v) is 9.63. The molecule has 1 heterocycles. The third-order valence-corrected chi connectivity index (χ3v) is 4.72. The molecule has 138 valence electrons. The number of aromatic hydroxyl groups is 1. The SMILES string of the molecule is CCCCNC(=S)N/N=C(\C)c1ccc(O)c(CN2CCCCC2)c1. The number of likely N-dealkylation sites (tertiary alicyclic amines) is 1. The molecule has 1 aliphatic rings. The molecule has 2 rings (SSSR count). The summed E-state index contributed by atoms with van der Waals surface area (Å²) in [7, 11) is 0. The van der Waals surface area contributed by atoms with E-state index in [-0.39, 0.29) is 0 Å². The van der Waals surface area contributed by atoms with E-state index in [0.29, 0.717) is 10.9 Å². The number of hydrogen-bond acceptors (Lipinski definition) is 4. The van der Waals surface area contributed by atoms with Crippen molar-refractivity contribution in [3.8, 4) is 5.75 Å². The number of nitrogens with one attached hydrogen (secondary N) is 2. The average Bonchev–Trinajstić information content (AvgIpc) is 2.62. The molecule has 0 spiro atoms. The molecule has 0 amide bonds. The van der Waals surface area contributed by atoms with Crippen LogP contribution < -0.4 is 10.7 Å². The summed E-state index contributed by atoms with van der Waals surface area (Å²) in [5.74, 6) is 0.354. The smallest absolute Gasteiger partial charge is 0.186 e. The van der Waals surface area contributed by atoms with Crippen LogP contribution in [0.2, 0.25) is 0 Å². The van der Waals surface area contributed by atoms with Crippen molar-refractivity contribution in [1.82, 2.24) is 15.6 Å². The van der Waals surface area contributed by atoms with E-state index in [9.17, 15) is 5.11 Å². The molecule has 0 atom stereocenters. The molecular formula is C19H30N4OS. The third kappa shape index (κ3) is 6.63. The fraction of sp³-hybridized carbons (Fsp3) is 0.579. The molecule has 1 aromatic rings. The summed E-state index contributed by atoms with van der Waals surface area (Å²) in [6, 6.07) is 5.67. The molecule has 1 saturated heterocycles. The van der Waals surface area contributed by atoms with Crippen molar-refractivity contribution in [3.63, 3.8) is 0 Å². The Morgan fingerprint density at radius 1 is 1.28 bits per heavy atom. The number of phenolic OH excluding ortho intramolecular Hbond substituents is 1. The molecule has 0 radical (unpaired) electrons. The highest BCUT2D eigenvalue weighted by Gasteiger charge is 2.13.